The van der Waals surface area contributed by atoms with Gasteiger partial charge in [-0.25, -0.2) is 0 Å². The molecule has 0 bridgehead atoms. The van der Waals surface area contributed by atoms with Crippen LogP contribution in [-0.2, 0) is 4.79 Å². The minimum absolute atomic E-state index is 0.182. The van der Waals surface area contributed by atoms with Crippen LogP contribution in [0.15, 0.2) is 24.3 Å². The van der Waals surface area contributed by atoms with Gasteiger partial charge in [-0.05, 0) is 58.0 Å². The number of rotatable bonds is 3. The molecule has 1 N–H and O–H groups in total. The zero-order valence-corrected chi connectivity index (χ0v) is 14.6. The molecule has 4 nitrogen and oxygen atoms in total. The summed E-state index contributed by atoms with van der Waals surface area (Å²) in [5, 5.41) is 4.07. The summed E-state index contributed by atoms with van der Waals surface area (Å²) < 4.78 is 0. The molecule has 2 aliphatic rings. The van der Waals surface area contributed by atoms with Crippen molar-refractivity contribution in [2.75, 3.05) is 38.1 Å². The van der Waals surface area contributed by atoms with Crippen molar-refractivity contribution in [2.24, 2.45) is 5.92 Å². The lowest BCUT2D eigenvalue weighted by Gasteiger charge is -2.36. The quantitative estimate of drug-likeness (QED) is 0.922. The van der Waals surface area contributed by atoms with Crippen LogP contribution >= 0.6 is 11.6 Å². The summed E-state index contributed by atoms with van der Waals surface area (Å²) in [5.41, 5.74) is 1.08. The van der Waals surface area contributed by atoms with Crippen molar-refractivity contribution in [2.45, 2.75) is 31.7 Å². The first-order valence-corrected chi connectivity index (χ1v) is 8.99. The number of benzene rings is 1. The number of para-hydroxylation sites is 1. The highest BCUT2D eigenvalue weighted by atomic mass is 35.5. The number of nitrogens with one attached hydrogen (secondary N) is 1. The van der Waals surface area contributed by atoms with Gasteiger partial charge in [0.2, 0.25) is 5.91 Å². The van der Waals surface area contributed by atoms with Crippen LogP contribution in [0.2, 0.25) is 5.02 Å². The lowest BCUT2D eigenvalue weighted by molar-refractivity contribution is -0.127. The number of hydrogen-bond acceptors (Lipinski definition) is 3. The Kier molecular flexibility index (Phi) is 5.44. The van der Waals surface area contributed by atoms with E-state index in [1.807, 2.05) is 18.2 Å². The number of carbonyl (C=O) groups excluding carboxylic acids is 1. The van der Waals surface area contributed by atoms with Crippen molar-refractivity contribution >= 4 is 23.2 Å². The number of halogens is 1. The van der Waals surface area contributed by atoms with Crippen LogP contribution in [0.1, 0.15) is 25.7 Å². The molecule has 126 valence electrons. The summed E-state index contributed by atoms with van der Waals surface area (Å²) >= 11 is 6.31. The number of anilines is 1. The van der Waals surface area contributed by atoms with Crippen LogP contribution in [0, 0.1) is 5.92 Å². The van der Waals surface area contributed by atoms with Crippen LogP contribution in [0.3, 0.4) is 0 Å². The predicted octanol–water partition coefficient (Wildman–Crippen LogP) is 2.77. The molecule has 0 saturated carbocycles. The predicted molar refractivity (Wildman–Crippen MR) is 95.1 cm³/mol. The number of carbonyl (C=O) groups is 1. The van der Waals surface area contributed by atoms with Gasteiger partial charge in [0.1, 0.15) is 0 Å². The zero-order chi connectivity index (χ0) is 16.2. The van der Waals surface area contributed by atoms with Gasteiger partial charge in [-0.1, -0.05) is 23.7 Å². The van der Waals surface area contributed by atoms with Gasteiger partial charge in [-0.3, -0.25) is 4.79 Å². The Bertz CT molecular complexity index is 543. The molecule has 0 spiro atoms. The topological polar surface area (TPSA) is 35.6 Å². The molecule has 1 unspecified atom stereocenters. The highest BCUT2D eigenvalue weighted by Gasteiger charge is 2.27. The fraction of sp³-hybridized carbons (Fsp3) is 0.611. The van der Waals surface area contributed by atoms with Gasteiger partial charge in [-0.2, -0.15) is 0 Å². The second-order valence-electron chi connectivity index (χ2n) is 6.82. The van der Waals surface area contributed by atoms with E-state index in [0.29, 0.717) is 0 Å². The van der Waals surface area contributed by atoms with E-state index in [-0.39, 0.29) is 17.9 Å². The summed E-state index contributed by atoms with van der Waals surface area (Å²) in [4.78, 5) is 17.1. The molecule has 2 aliphatic heterocycles. The first-order valence-electron chi connectivity index (χ1n) is 8.62. The van der Waals surface area contributed by atoms with E-state index >= 15 is 0 Å². The minimum atomic E-state index is 0.182. The second kappa shape index (κ2) is 7.54. The maximum Gasteiger partial charge on any atom is 0.223 e. The van der Waals surface area contributed by atoms with Gasteiger partial charge in [-0.15, -0.1) is 0 Å². The Morgan fingerprint density at radius 1 is 1.17 bits per heavy atom. The number of amides is 1. The summed E-state index contributed by atoms with van der Waals surface area (Å²) in [6.07, 6.45) is 4.09. The van der Waals surface area contributed by atoms with E-state index in [2.05, 4.69) is 28.2 Å². The Morgan fingerprint density at radius 2 is 1.91 bits per heavy atom. The lowest BCUT2D eigenvalue weighted by atomic mass is 9.95. The Morgan fingerprint density at radius 3 is 2.65 bits per heavy atom. The highest BCUT2D eigenvalue weighted by molar-refractivity contribution is 6.33. The van der Waals surface area contributed by atoms with E-state index in [0.717, 1.165) is 62.6 Å². The Hall–Kier alpha value is -1.26. The van der Waals surface area contributed by atoms with E-state index in [4.69, 9.17) is 11.6 Å². The van der Waals surface area contributed by atoms with Crippen LogP contribution in [0.5, 0.6) is 0 Å². The molecule has 0 aromatic heterocycles. The van der Waals surface area contributed by atoms with E-state index in [9.17, 15) is 4.79 Å². The normalized spacial score (nSPS) is 23.7. The van der Waals surface area contributed by atoms with Crippen molar-refractivity contribution in [3.8, 4) is 0 Å². The summed E-state index contributed by atoms with van der Waals surface area (Å²) in [5.74, 6) is 0.422. The number of hydrogen-bond donors (Lipinski definition) is 1. The average molecular weight is 336 g/mol. The van der Waals surface area contributed by atoms with Crippen LogP contribution in [0.25, 0.3) is 0 Å². The third-order valence-electron chi connectivity index (χ3n) is 5.05. The van der Waals surface area contributed by atoms with Gasteiger partial charge in [0.05, 0.1) is 10.7 Å². The summed E-state index contributed by atoms with van der Waals surface area (Å²) in [6, 6.07) is 8.19. The number of likely N-dealkylation sites (tertiary alicyclic amines) is 1. The maximum absolute atomic E-state index is 12.5. The maximum atomic E-state index is 12.5. The van der Waals surface area contributed by atoms with E-state index < -0.39 is 0 Å². The van der Waals surface area contributed by atoms with Gasteiger partial charge in [0, 0.05) is 25.0 Å². The average Bonchev–Trinajstić information content (AvgIpc) is 2.56. The molecule has 3 rings (SSSR count). The van der Waals surface area contributed by atoms with Gasteiger partial charge >= 0.3 is 0 Å². The lowest BCUT2D eigenvalue weighted by Crippen LogP contribution is -2.50. The molecule has 1 atom stereocenters. The van der Waals surface area contributed by atoms with Gasteiger partial charge < -0.3 is 15.1 Å². The molecule has 2 heterocycles. The number of piperidine rings is 2. The van der Waals surface area contributed by atoms with Crippen molar-refractivity contribution in [1.82, 2.24) is 10.2 Å². The molecule has 0 aliphatic carbocycles. The zero-order valence-electron chi connectivity index (χ0n) is 13.8. The molecular formula is C18H26ClN3O. The summed E-state index contributed by atoms with van der Waals surface area (Å²) in [6.45, 7) is 3.90. The Labute approximate surface area is 143 Å². The first kappa shape index (κ1) is 16.6. The molecule has 2 fully saturated rings. The molecule has 0 radical (unpaired) electrons. The highest BCUT2D eigenvalue weighted by Crippen LogP contribution is 2.28. The third kappa shape index (κ3) is 4.18. The van der Waals surface area contributed by atoms with Crippen molar-refractivity contribution in [1.29, 1.82) is 0 Å². The third-order valence-corrected chi connectivity index (χ3v) is 5.37. The van der Waals surface area contributed by atoms with Crippen molar-refractivity contribution in [3.63, 3.8) is 0 Å². The molecular weight excluding hydrogens is 310 g/mol. The molecule has 1 amide bonds. The summed E-state index contributed by atoms with van der Waals surface area (Å²) in [7, 11) is 2.12. The fourth-order valence-corrected chi connectivity index (χ4v) is 3.87. The smallest absolute Gasteiger partial charge is 0.223 e. The molecule has 1 aromatic carbocycles. The van der Waals surface area contributed by atoms with Crippen molar-refractivity contribution in [3.05, 3.63) is 29.3 Å². The minimum Gasteiger partial charge on any atom is -0.368 e. The molecule has 2 saturated heterocycles. The van der Waals surface area contributed by atoms with Crippen LogP contribution in [-0.4, -0.2) is 50.1 Å². The van der Waals surface area contributed by atoms with Crippen LogP contribution in [0.4, 0.5) is 5.69 Å². The standard InChI is InChI=1S/C18H26ClN3O/c1-21-11-8-14(9-12-21)18(23)20-15-5-4-10-22(13-15)17-7-3-2-6-16(17)19/h2-3,6-7,14-15H,4-5,8-13H2,1H3,(H,20,23). The fourth-order valence-electron chi connectivity index (χ4n) is 3.61. The van der Waals surface area contributed by atoms with Gasteiger partial charge in [0.15, 0.2) is 0 Å². The SMILES string of the molecule is CN1CCC(C(=O)NC2CCCN(c3ccccc3Cl)C2)CC1. The number of nitrogens with zero attached hydrogens (tertiary/aromatic N) is 2. The monoisotopic (exact) mass is 335 g/mol. The van der Waals surface area contributed by atoms with Gasteiger partial charge in [0.25, 0.3) is 0 Å². The first-order chi connectivity index (χ1) is 11.1. The van der Waals surface area contributed by atoms with E-state index in [1.165, 1.54) is 0 Å². The Balaban J connectivity index is 1.56. The molecule has 1 aromatic rings. The molecule has 23 heavy (non-hydrogen) atoms. The van der Waals surface area contributed by atoms with Crippen molar-refractivity contribution < 1.29 is 4.79 Å². The largest absolute Gasteiger partial charge is 0.368 e. The van der Waals surface area contributed by atoms with Crippen LogP contribution < -0.4 is 10.2 Å². The second-order valence-corrected chi connectivity index (χ2v) is 7.23. The molecule has 5 heteroatoms. The van der Waals surface area contributed by atoms with E-state index in [1.54, 1.807) is 0 Å².